The molecule has 0 heterocycles. The molecule has 140 valence electrons. The van der Waals surface area contributed by atoms with E-state index >= 15 is 0 Å². The van der Waals surface area contributed by atoms with Gasteiger partial charge in [-0.2, -0.15) is 8.78 Å². The Morgan fingerprint density at radius 3 is 1.89 bits per heavy atom. The molecule has 0 atom stereocenters. The van der Waals surface area contributed by atoms with Gasteiger partial charge in [0, 0.05) is 10.6 Å². The van der Waals surface area contributed by atoms with E-state index in [9.17, 15) is 26.3 Å². The second-order valence-electron chi connectivity index (χ2n) is 5.51. The van der Waals surface area contributed by atoms with Crippen molar-refractivity contribution in [2.45, 2.75) is 6.11 Å². The molecule has 0 radical (unpaired) electrons. The van der Waals surface area contributed by atoms with Crippen molar-refractivity contribution in [1.29, 1.82) is 0 Å². The highest BCUT2D eigenvalue weighted by Gasteiger charge is 2.41. The van der Waals surface area contributed by atoms with Crippen LogP contribution in [0.4, 0.5) is 26.3 Å². The van der Waals surface area contributed by atoms with Crippen LogP contribution in [0.2, 0.25) is 5.02 Å². The molecule has 0 saturated heterocycles. The molecule has 0 aromatic heterocycles. The number of alkyl halides is 2. The minimum atomic E-state index is -4.39. The molecule has 0 spiro atoms. The van der Waals surface area contributed by atoms with Gasteiger partial charge in [-0.15, -0.1) is 0 Å². The first-order valence-corrected chi connectivity index (χ1v) is 7.82. The first-order chi connectivity index (χ1) is 12.7. The van der Waals surface area contributed by atoms with E-state index in [1.807, 2.05) is 0 Å². The second kappa shape index (κ2) is 7.15. The maximum atomic E-state index is 14.3. The highest BCUT2D eigenvalue weighted by molar-refractivity contribution is 6.30. The van der Waals surface area contributed by atoms with Crippen molar-refractivity contribution in [3.8, 4) is 16.9 Å². The monoisotopic (exact) mass is 402 g/mol. The van der Waals surface area contributed by atoms with Crippen LogP contribution in [0.15, 0.2) is 54.6 Å². The number of halogens is 7. The quantitative estimate of drug-likeness (QED) is 0.442. The van der Waals surface area contributed by atoms with Crippen LogP contribution in [-0.2, 0) is 6.11 Å². The molecule has 1 nitrogen and oxygen atoms in total. The van der Waals surface area contributed by atoms with Crippen LogP contribution in [0.1, 0.15) is 5.56 Å². The van der Waals surface area contributed by atoms with Gasteiger partial charge in [-0.1, -0.05) is 11.6 Å². The lowest BCUT2D eigenvalue weighted by atomic mass is 10.0. The molecule has 3 aromatic carbocycles. The fourth-order valence-corrected chi connectivity index (χ4v) is 2.59. The fraction of sp³-hybridized carbons (Fsp3) is 0.0526. The zero-order valence-corrected chi connectivity index (χ0v) is 14.0. The Labute approximate surface area is 154 Å². The molecular formula is C19H9ClF6O. The summed E-state index contributed by atoms with van der Waals surface area (Å²) in [6, 6.07) is 7.98. The molecule has 0 unspecified atom stereocenters. The normalized spacial score (nSPS) is 11.5. The molecule has 27 heavy (non-hydrogen) atoms. The van der Waals surface area contributed by atoms with E-state index in [0.29, 0.717) is 12.1 Å². The van der Waals surface area contributed by atoms with Crippen LogP contribution in [-0.4, -0.2) is 0 Å². The Morgan fingerprint density at radius 2 is 1.33 bits per heavy atom. The minimum absolute atomic E-state index is 0.0630. The van der Waals surface area contributed by atoms with E-state index in [-0.39, 0.29) is 16.1 Å². The third kappa shape index (κ3) is 4.03. The van der Waals surface area contributed by atoms with Gasteiger partial charge in [0.25, 0.3) is 0 Å². The Morgan fingerprint density at radius 1 is 0.741 bits per heavy atom. The van der Waals surface area contributed by atoms with E-state index in [1.54, 1.807) is 0 Å². The molecule has 0 fully saturated rings. The van der Waals surface area contributed by atoms with Gasteiger partial charge in [-0.3, -0.25) is 0 Å². The van der Waals surface area contributed by atoms with Gasteiger partial charge in [0.2, 0.25) is 0 Å². The van der Waals surface area contributed by atoms with Crippen molar-refractivity contribution < 1.29 is 31.1 Å². The summed E-state index contributed by atoms with van der Waals surface area (Å²) in [6.07, 6.45) is -4.39. The van der Waals surface area contributed by atoms with Crippen LogP contribution in [0.3, 0.4) is 0 Å². The first kappa shape index (κ1) is 19.1. The Balaban J connectivity index is 2.00. The molecular weight excluding hydrogens is 394 g/mol. The molecule has 3 aromatic rings. The maximum Gasteiger partial charge on any atom is 0.432 e. The summed E-state index contributed by atoms with van der Waals surface area (Å²) >= 11 is 5.61. The van der Waals surface area contributed by atoms with Gasteiger partial charge in [-0.05, 0) is 60.2 Å². The summed E-state index contributed by atoms with van der Waals surface area (Å²) in [6.45, 7) is 0. The number of hydrogen-bond acceptors (Lipinski definition) is 1. The van der Waals surface area contributed by atoms with Crippen LogP contribution in [0.25, 0.3) is 11.1 Å². The zero-order chi connectivity index (χ0) is 19.8. The smallest absolute Gasteiger partial charge is 0.429 e. The lowest BCUT2D eigenvalue weighted by Gasteiger charge is -2.20. The molecule has 0 aliphatic rings. The van der Waals surface area contributed by atoms with Crippen molar-refractivity contribution >= 4 is 11.6 Å². The number of rotatable bonds is 4. The van der Waals surface area contributed by atoms with E-state index in [4.69, 9.17) is 11.6 Å². The topological polar surface area (TPSA) is 9.23 Å². The van der Waals surface area contributed by atoms with Gasteiger partial charge in [0.1, 0.15) is 34.6 Å². The maximum absolute atomic E-state index is 14.3. The Hall–Kier alpha value is -2.67. The summed E-state index contributed by atoms with van der Waals surface area (Å²) < 4.78 is 88.1. The van der Waals surface area contributed by atoms with Crippen LogP contribution < -0.4 is 4.74 Å². The molecule has 0 N–H and O–H groups in total. The highest BCUT2D eigenvalue weighted by Crippen LogP contribution is 2.37. The highest BCUT2D eigenvalue weighted by atomic mass is 35.5. The third-order valence-electron chi connectivity index (χ3n) is 3.63. The van der Waals surface area contributed by atoms with Crippen molar-refractivity contribution in [2.24, 2.45) is 0 Å². The molecule has 3 rings (SSSR count). The van der Waals surface area contributed by atoms with E-state index in [0.717, 1.165) is 30.3 Å². The van der Waals surface area contributed by atoms with Crippen molar-refractivity contribution in [3.63, 3.8) is 0 Å². The molecule has 0 saturated carbocycles. The third-order valence-corrected chi connectivity index (χ3v) is 3.87. The second-order valence-corrected chi connectivity index (χ2v) is 5.95. The molecule has 8 heteroatoms. The van der Waals surface area contributed by atoms with Crippen LogP contribution in [0, 0.1) is 23.3 Å². The van der Waals surface area contributed by atoms with Crippen molar-refractivity contribution in [3.05, 3.63) is 88.5 Å². The number of ether oxygens (including phenoxy) is 1. The van der Waals surface area contributed by atoms with Gasteiger partial charge >= 0.3 is 6.11 Å². The van der Waals surface area contributed by atoms with Gasteiger partial charge in [0.05, 0.1) is 0 Å². The van der Waals surface area contributed by atoms with Crippen LogP contribution in [0.5, 0.6) is 5.75 Å². The summed E-state index contributed by atoms with van der Waals surface area (Å²) in [5.41, 5.74) is -2.16. The summed E-state index contributed by atoms with van der Waals surface area (Å²) in [5, 5.41) is 0.0630. The lowest BCUT2D eigenvalue weighted by Crippen LogP contribution is -2.25. The zero-order valence-electron chi connectivity index (χ0n) is 13.3. The predicted molar refractivity (Wildman–Crippen MR) is 87.7 cm³/mol. The standard InChI is InChI=1S/C19H9ClF6O/c20-11-1-6-14(15(22)9-11)10-7-16(23)18(17(24)8-10)19(25,26)27-13-4-2-12(21)3-5-13/h1-9H. The SMILES string of the molecule is Fc1ccc(OC(F)(F)c2c(F)cc(-c3ccc(Cl)cc3F)cc2F)cc1. The Kier molecular flexibility index (Phi) is 5.06. The van der Waals surface area contributed by atoms with Crippen molar-refractivity contribution in [2.75, 3.05) is 0 Å². The largest absolute Gasteiger partial charge is 0.432 e. The summed E-state index contributed by atoms with van der Waals surface area (Å²) in [7, 11) is 0. The fourth-order valence-electron chi connectivity index (χ4n) is 2.43. The van der Waals surface area contributed by atoms with Crippen LogP contribution >= 0.6 is 11.6 Å². The number of benzene rings is 3. The average Bonchev–Trinajstić information content (AvgIpc) is 2.55. The van der Waals surface area contributed by atoms with E-state index in [2.05, 4.69) is 4.74 Å². The van der Waals surface area contributed by atoms with Gasteiger partial charge in [-0.25, -0.2) is 17.6 Å². The minimum Gasteiger partial charge on any atom is -0.429 e. The van der Waals surface area contributed by atoms with E-state index < -0.39 is 40.7 Å². The van der Waals surface area contributed by atoms with Crippen molar-refractivity contribution in [1.82, 2.24) is 0 Å². The molecule has 0 amide bonds. The summed E-state index contributed by atoms with van der Waals surface area (Å²) in [4.78, 5) is 0. The predicted octanol–water partition coefficient (Wildman–Crippen LogP) is 6.69. The Bertz CT molecular complexity index is 965. The van der Waals surface area contributed by atoms with Gasteiger partial charge in [0.15, 0.2) is 0 Å². The van der Waals surface area contributed by atoms with E-state index in [1.165, 1.54) is 12.1 Å². The molecule has 0 bridgehead atoms. The first-order valence-electron chi connectivity index (χ1n) is 7.45. The molecule has 0 aliphatic carbocycles. The summed E-state index contributed by atoms with van der Waals surface area (Å²) in [5.74, 6) is -5.33. The molecule has 0 aliphatic heterocycles. The lowest BCUT2D eigenvalue weighted by molar-refractivity contribution is -0.189. The van der Waals surface area contributed by atoms with Gasteiger partial charge < -0.3 is 4.74 Å². The number of hydrogen-bond donors (Lipinski definition) is 0. The average molecular weight is 403 g/mol.